The number of aromatic nitrogens is 4. The summed E-state index contributed by atoms with van der Waals surface area (Å²) in [5.41, 5.74) is 11.1. The van der Waals surface area contributed by atoms with E-state index >= 15 is 0 Å². The second kappa shape index (κ2) is 43.0. The number of thiophene rings is 1. The number of nitrogens with two attached hydrogens (primary N) is 1. The average molecular weight is 1840 g/mol. The molecule has 0 radical (unpaired) electrons. The number of primary amides is 1. The zero-order chi connectivity index (χ0) is 87.2. The van der Waals surface area contributed by atoms with Gasteiger partial charge in [-0.2, -0.15) is 8.42 Å². The van der Waals surface area contributed by atoms with Gasteiger partial charge < -0.3 is 29.8 Å². The number of nitrogens with zero attached hydrogens (tertiary/aromatic N) is 8. The molecule has 1 fully saturated rings. The third-order valence-electron chi connectivity index (χ3n) is 19.9. The number of carboxylic acids is 2. The molecule has 34 nitrogen and oxygen atoms in total. The van der Waals surface area contributed by atoms with E-state index in [9.17, 15) is 75.8 Å². The van der Waals surface area contributed by atoms with E-state index in [-0.39, 0.29) is 83.3 Å². The first kappa shape index (κ1) is 92.3. The number of benzene rings is 5. The summed E-state index contributed by atoms with van der Waals surface area (Å²) in [6, 6.07) is 25.8. The predicted octanol–water partition coefficient (Wildman–Crippen LogP) is 3.53. The van der Waals surface area contributed by atoms with Crippen molar-refractivity contribution in [3.8, 4) is 56.1 Å². The number of aliphatic hydroxyl groups is 1. The van der Waals surface area contributed by atoms with Crippen molar-refractivity contribution in [3.63, 3.8) is 0 Å². The van der Waals surface area contributed by atoms with E-state index in [4.69, 9.17) is 46.0 Å². The number of para-hydroxylation sites is 2. The number of anilines is 1. The van der Waals surface area contributed by atoms with Gasteiger partial charge in [-0.25, -0.2) is 33.9 Å². The molecule has 5 heterocycles. The maximum atomic E-state index is 14.6. The molecule has 10 rings (SSSR count). The van der Waals surface area contributed by atoms with Gasteiger partial charge in [0.15, 0.2) is 5.82 Å². The molecule has 8 amide bonds. The fourth-order valence-electron chi connectivity index (χ4n) is 13.3. The number of methoxy groups -OCH3 is 1. The van der Waals surface area contributed by atoms with Crippen LogP contribution in [0.5, 0.6) is 23.1 Å². The molecule has 0 spiro atoms. The van der Waals surface area contributed by atoms with Gasteiger partial charge in [-0.15, -0.1) is 11.3 Å². The molecule has 0 aliphatic carbocycles. The number of carboxylic acid groups (broad SMARTS) is 2. The molecule has 39 heteroatoms. The Morgan fingerprint density at radius 2 is 1.53 bits per heavy atom. The largest absolute Gasteiger partial charge is 0.478 e. The molecule has 2 aliphatic rings. The molecule has 8 aromatic rings. The van der Waals surface area contributed by atoms with E-state index < -0.39 is 139 Å². The van der Waals surface area contributed by atoms with E-state index in [1.54, 1.807) is 93.9 Å². The Morgan fingerprint density at radius 1 is 0.810 bits per heavy atom. The van der Waals surface area contributed by atoms with Gasteiger partial charge in [0.25, 0.3) is 11.8 Å². The Balaban J connectivity index is 0.806. The second-order valence-electron chi connectivity index (χ2n) is 29.1. The number of alkyl halides is 1. The Bertz CT molecular complexity index is 5220. The van der Waals surface area contributed by atoms with Crippen LogP contribution < -0.4 is 72.7 Å². The fraction of sp³-hybridized carbons (Fsp3) is 0.378. The number of ether oxygens (including phenoxy) is 5. The summed E-state index contributed by atoms with van der Waals surface area (Å²) < 4.78 is 78.4. The number of amides is 8. The molecule has 1 unspecified atom stereocenters. The van der Waals surface area contributed by atoms with Crippen molar-refractivity contribution in [1.29, 1.82) is 0 Å². The molecule has 121 heavy (non-hydrogen) atoms. The number of urea groups is 1. The monoisotopic (exact) mass is 1840 g/mol. The average Bonchev–Trinajstić information content (AvgIpc) is 1.08. The number of carbonyl (C=O) groups is 9. The smallest absolute Gasteiger partial charge is 0.345 e. The standard InChI is InChI=1S/C82H95ClFIN14O20S2/c1-48(2)73(95-65(100)28-37-116-38-34-98-67(102)25-26-68(98)103)77(106)94-59(14-11-29-88-82(86)111)76(105)92-55-22-19-52(53(40-55)44-96(4)69(104)42-60(80(107)108)93-66(101)46-121(112,113)114)43-85-99(5)35-31-97(32-36-99)33-39-117-63-24-23-57(49(3)72(63)83)70-71-78(89-47-90-79(71)120-74(70)50-17-20-54(84)21-18-50)119-64(81(109)110)41-51-12-7-9-15-61(51)118-45-56-27-30-87-75(91-56)58-13-8-10-16-62(58)115-6/h7-10,12-13,15-27,30,40,47-48,59-60,64,66,73,93,101H,11,14,28-29,31-39,41-46H2,1-6H3,(H,92,105)(H,94,106)(H,95,100)(H,107,108)(H,109,110)(H3,86,88,111)(H,112,113,114)/t59-,60-,64+,66?,73-/m0/s1. The number of aliphatic hydroxyl groups excluding tert-OH is 1. The zero-order valence-corrected chi connectivity index (χ0v) is 71.6. The summed E-state index contributed by atoms with van der Waals surface area (Å²) in [6.07, 6.45) is 0.695. The van der Waals surface area contributed by atoms with Gasteiger partial charge in [-0.1, -0.05) is 56.3 Å². The Hall–Kier alpha value is -10.9. The topological polar surface area (TPSA) is 462 Å². The Morgan fingerprint density at radius 3 is 2.22 bits per heavy atom. The number of likely N-dealkylation sites (N-methyl/N-ethyl adjacent to an activating group) is 1. The summed E-state index contributed by atoms with van der Waals surface area (Å²) in [4.78, 5) is 141. The molecule has 2 aliphatic heterocycles. The number of aliphatic carboxylic acids is 2. The van der Waals surface area contributed by atoms with Crippen LogP contribution in [0, 0.1) is 18.7 Å². The molecule has 0 saturated carbocycles. The normalized spacial score (nSPS) is 14.7. The van der Waals surface area contributed by atoms with Crippen LogP contribution in [0.2, 0.25) is 5.02 Å². The number of hydrogen-bond donors (Lipinski definition) is 10. The first-order chi connectivity index (χ1) is 57.7. The predicted molar refractivity (Wildman–Crippen MR) is 440 cm³/mol. The van der Waals surface area contributed by atoms with E-state index in [0.29, 0.717) is 115 Å². The second-order valence-corrected chi connectivity index (χ2v) is 35.7. The van der Waals surface area contributed by atoms with Crippen LogP contribution in [-0.4, -0.2) is 242 Å². The quantitative estimate of drug-likeness (QED) is 0.00496. The van der Waals surface area contributed by atoms with Gasteiger partial charge in [-0.05, 0) is 47.5 Å². The van der Waals surface area contributed by atoms with Gasteiger partial charge in [0, 0.05) is 36.1 Å². The van der Waals surface area contributed by atoms with E-state index in [1.165, 1.54) is 41.7 Å². The zero-order valence-electron chi connectivity index (χ0n) is 67.0. The molecule has 646 valence electrons. The number of fused-ring (bicyclic) bond motifs is 1. The van der Waals surface area contributed by atoms with Crippen molar-refractivity contribution in [2.75, 3.05) is 97.9 Å². The number of hydrogen-bond acceptors (Lipinski definition) is 24. The van der Waals surface area contributed by atoms with Gasteiger partial charge in [0.2, 0.25) is 17.9 Å². The van der Waals surface area contributed by atoms with E-state index in [0.717, 1.165) is 35.7 Å². The van der Waals surface area contributed by atoms with E-state index in [2.05, 4.69) is 53.5 Å². The fourth-order valence-corrected chi connectivity index (χ4v) is 18.2. The van der Waals surface area contributed by atoms with Crippen LogP contribution in [0.25, 0.3) is 43.2 Å². The minimum absolute atomic E-state index is 0.0194. The summed E-state index contributed by atoms with van der Waals surface area (Å²) >= 11 is 7.83. The van der Waals surface area contributed by atoms with Crippen LogP contribution in [0.4, 0.5) is 14.9 Å². The molecule has 0 bridgehead atoms. The van der Waals surface area contributed by atoms with Crippen LogP contribution in [0.3, 0.4) is 0 Å². The molecule has 1 saturated heterocycles. The number of nitrogens with one attached hydrogen (secondary N) is 5. The SMILES string of the molecule is COc1ccccc1-c1nccc(COc2ccccc2C[C@@H](Oc2ncnc3sc(-c4ccc(F)cc4)c(-c4ccc(OCCN5CC[N+](C)([I-]Cc6ccc(NC(=O)[C@H](CCCNC(N)=O)NC(=O)[C@@H](NC(=O)CCOCCN7C(=O)C=CC7=O)C(C)C)cc6CN(C)C(=O)C[C@H](NC(O)CS(=O)(=O)O)C(=O)O)CC5)c(Cl)c4C)c23)C(=O)O)n1. The number of quaternary nitrogens is 1. The molecular weight excluding hydrogens is 1750 g/mol. The Kier molecular flexibility index (Phi) is 32.8. The molecule has 5 atom stereocenters. The first-order valence-electron chi connectivity index (χ1n) is 38.5. The summed E-state index contributed by atoms with van der Waals surface area (Å²) in [5, 5.41) is 44.8. The van der Waals surface area contributed by atoms with Crippen molar-refractivity contribution in [1.82, 2.24) is 55.9 Å². The first-order valence-corrected chi connectivity index (χ1v) is 43.8. The number of carbonyl (C=O) groups excluding carboxylic acids is 7. The van der Waals surface area contributed by atoms with Gasteiger partial charge in [0.1, 0.15) is 35.1 Å². The number of rotatable bonds is 44. The van der Waals surface area contributed by atoms with Crippen molar-refractivity contribution in [2.45, 2.75) is 101 Å². The minimum atomic E-state index is -4.76. The van der Waals surface area contributed by atoms with Crippen LogP contribution in [-0.2, 0) is 77.2 Å². The third kappa shape index (κ3) is 26.0. The van der Waals surface area contributed by atoms with Gasteiger partial charge in [-0.3, -0.25) is 23.8 Å². The van der Waals surface area contributed by atoms with Crippen molar-refractivity contribution >= 4 is 102 Å². The number of halogens is 3. The van der Waals surface area contributed by atoms with Crippen LogP contribution >= 0.6 is 22.9 Å². The summed E-state index contributed by atoms with van der Waals surface area (Å²) in [7, 11) is 0.385. The van der Waals surface area contributed by atoms with Crippen molar-refractivity contribution < 1.29 is 124 Å². The van der Waals surface area contributed by atoms with E-state index in [1.807, 2.05) is 37.3 Å². The van der Waals surface area contributed by atoms with Crippen LogP contribution in [0.15, 0.2) is 134 Å². The van der Waals surface area contributed by atoms with Gasteiger partial charge in [0.05, 0.1) is 43.5 Å². The molecule has 5 aromatic carbocycles. The molecule has 3 aromatic heterocycles. The third-order valence-corrected chi connectivity index (χ3v) is 26.0. The maximum absolute atomic E-state index is 14.6. The molecule has 11 N–H and O–H groups in total. The summed E-state index contributed by atoms with van der Waals surface area (Å²) in [5.74, 6) is -6.93. The van der Waals surface area contributed by atoms with Crippen molar-refractivity contribution in [2.24, 2.45) is 11.7 Å². The number of piperazine rings is 1. The minimum Gasteiger partial charge on any atom is -0.478 e. The van der Waals surface area contributed by atoms with Crippen LogP contribution in [0.1, 0.15) is 67.5 Å². The molecular formula is C82H95ClFIN14O20S2. The Labute approximate surface area is 716 Å². The van der Waals surface area contributed by atoms with Gasteiger partial charge >= 0.3 is 360 Å². The number of imide groups is 1. The van der Waals surface area contributed by atoms with Crippen molar-refractivity contribution in [3.05, 3.63) is 173 Å². The maximum Gasteiger partial charge on any atom is 0.345 e. The summed E-state index contributed by atoms with van der Waals surface area (Å²) in [6.45, 7) is 8.58.